The van der Waals surface area contributed by atoms with Gasteiger partial charge in [0.25, 0.3) is 11.8 Å². The van der Waals surface area contributed by atoms with Crippen LogP contribution in [0.4, 0.5) is 5.69 Å². The van der Waals surface area contributed by atoms with Gasteiger partial charge in [0.05, 0.1) is 5.57 Å². The summed E-state index contributed by atoms with van der Waals surface area (Å²) in [6.45, 7) is 1.94. The number of likely N-dealkylation sites (N-methyl/N-ethyl adjacent to an activating group) is 1. The van der Waals surface area contributed by atoms with Crippen LogP contribution in [0.5, 0.6) is 0 Å². The Labute approximate surface area is 139 Å². The maximum atomic E-state index is 12.5. The fraction of sp³-hybridized carbons (Fsp3) is 0.111. The molecule has 3 rings (SSSR count). The Morgan fingerprint density at radius 2 is 1.61 bits per heavy atom. The third-order valence-electron chi connectivity index (χ3n) is 3.82. The van der Waals surface area contributed by atoms with Gasteiger partial charge >= 0.3 is 0 Å². The summed E-state index contributed by atoms with van der Waals surface area (Å²) in [5, 5.41) is 3.69. The van der Waals surface area contributed by atoms with E-state index in [1.807, 2.05) is 31.2 Å². The van der Waals surface area contributed by atoms with Crippen molar-refractivity contribution in [2.24, 2.45) is 0 Å². The van der Waals surface area contributed by atoms with Crippen LogP contribution in [-0.2, 0) is 9.59 Å². The zero-order valence-electron chi connectivity index (χ0n) is 12.8. The topological polar surface area (TPSA) is 49.4 Å². The monoisotopic (exact) mass is 326 g/mol. The number of nitrogens with zero attached hydrogens (tertiary/aromatic N) is 1. The number of halogens is 1. The molecular formula is C18H15ClN2O2. The van der Waals surface area contributed by atoms with Gasteiger partial charge in [-0.3, -0.25) is 14.5 Å². The summed E-state index contributed by atoms with van der Waals surface area (Å²) >= 11 is 5.91. The summed E-state index contributed by atoms with van der Waals surface area (Å²) in [4.78, 5) is 26.0. The van der Waals surface area contributed by atoms with Gasteiger partial charge in [0.1, 0.15) is 5.70 Å². The molecule has 0 radical (unpaired) electrons. The predicted molar refractivity (Wildman–Crippen MR) is 91.0 cm³/mol. The number of nitrogens with one attached hydrogen (secondary N) is 1. The minimum Gasteiger partial charge on any atom is -0.350 e. The van der Waals surface area contributed by atoms with Gasteiger partial charge < -0.3 is 5.32 Å². The zero-order chi connectivity index (χ0) is 16.6. The van der Waals surface area contributed by atoms with Crippen LogP contribution in [-0.4, -0.2) is 23.8 Å². The van der Waals surface area contributed by atoms with Crippen LogP contribution in [0.1, 0.15) is 11.1 Å². The fourth-order valence-electron chi connectivity index (χ4n) is 2.49. The second-order valence-corrected chi connectivity index (χ2v) is 5.80. The van der Waals surface area contributed by atoms with Gasteiger partial charge in [-0.2, -0.15) is 0 Å². The van der Waals surface area contributed by atoms with Crippen molar-refractivity contribution in [1.82, 2.24) is 4.90 Å². The van der Waals surface area contributed by atoms with E-state index in [1.54, 1.807) is 24.3 Å². The van der Waals surface area contributed by atoms with Crippen LogP contribution in [0.15, 0.2) is 54.2 Å². The molecule has 0 unspecified atom stereocenters. The van der Waals surface area contributed by atoms with Crippen LogP contribution in [0.2, 0.25) is 5.02 Å². The first-order chi connectivity index (χ1) is 11.0. The van der Waals surface area contributed by atoms with Crippen LogP contribution in [0.25, 0.3) is 5.57 Å². The largest absolute Gasteiger partial charge is 0.350 e. The van der Waals surface area contributed by atoms with Gasteiger partial charge in [-0.15, -0.1) is 0 Å². The van der Waals surface area contributed by atoms with Gasteiger partial charge in [0.2, 0.25) is 0 Å². The van der Waals surface area contributed by atoms with E-state index in [-0.39, 0.29) is 17.5 Å². The second-order valence-electron chi connectivity index (χ2n) is 5.37. The molecule has 1 aliphatic heterocycles. The average Bonchev–Trinajstić information content (AvgIpc) is 2.75. The highest BCUT2D eigenvalue weighted by Gasteiger charge is 2.36. The third kappa shape index (κ3) is 2.73. The lowest BCUT2D eigenvalue weighted by Gasteiger charge is -2.11. The summed E-state index contributed by atoms with van der Waals surface area (Å²) in [5.41, 5.74) is 3.09. The lowest BCUT2D eigenvalue weighted by atomic mass is 10.0. The summed E-state index contributed by atoms with van der Waals surface area (Å²) in [5.74, 6) is -0.670. The van der Waals surface area contributed by atoms with Gasteiger partial charge in [0.15, 0.2) is 0 Å². The Balaban J connectivity index is 2.11. The van der Waals surface area contributed by atoms with E-state index in [0.29, 0.717) is 16.2 Å². The Bertz CT molecular complexity index is 825. The molecule has 116 valence electrons. The second kappa shape index (κ2) is 5.89. The lowest BCUT2D eigenvalue weighted by Crippen LogP contribution is -2.28. The molecule has 5 heteroatoms. The predicted octanol–water partition coefficient (Wildman–Crippen LogP) is 3.47. The highest BCUT2D eigenvalue weighted by atomic mass is 35.5. The molecule has 4 nitrogen and oxygen atoms in total. The molecule has 0 atom stereocenters. The maximum Gasteiger partial charge on any atom is 0.277 e. The fourth-order valence-corrected chi connectivity index (χ4v) is 2.62. The summed E-state index contributed by atoms with van der Waals surface area (Å²) < 4.78 is 0. The number of carbonyl (C=O) groups is 2. The standard InChI is InChI=1S/C18H15ClN2O2/c1-11-5-3-4-6-14(11)20-16-15(17(22)21(2)18(16)23)12-7-9-13(19)10-8-12/h3-10,20H,1-2H3. The molecule has 2 amide bonds. The van der Waals surface area contributed by atoms with E-state index >= 15 is 0 Å². The molecule has 1 N–H and O–H groups in total. The highest BCUT2D eigenvalue weighted by Crippen LogP contribution is 2.30. The number of rotatable bonds is 3. The van der Waals surface area contributed by atoms with E-state index in [2.05, 4.69) is 5.32 Å². The molecule has 0 aliphatic carbocycles. The minimum atomic E-state index is -0.344. The first-order valence-corrected chi connectivity index (χ1v) is 7.52. The minimum absolute atomic E-state index is 0.286. The van der Waals surface area contributed by atoms with Crippen LogP contribution in [0, 0.1) is 6.92 Å². The molecule has 1 aliphatic rings. The molecule has 0 saturated carbocycles. The number of benzene rings is 2. The van der Waals surface area contributed by atoms with E-state index in [9.17, 15) is 9.59 Å². The van der Waals surface area contributed by atoms with Crippen molar-refractivity contribution < 1.29 is 9.59 Å². The number of para-hydroxylation sites is 1. The van der Waals surface area contributed by atoms with Crippen LogP contribution in [0.3, 0.4) is 0 Å². The van der Waals surface area contributed by atoms with Crippen molar-refractivity contribution in [3.8, 4) is 0 Å². The third-order valence-corrected chi connectivity index (χ3v) is 4.08. The van der Waals surface area contributed by atoms with Gasteiger partial charge in [-0.05, 0) is 36.2 Å². The molecule has 0 spiro atoms. The Kier molecular flexibility index (Phi) is 3.92. The quantitative estimate of drug-likeness (QED) is 0.879. The van der Waals surface area contributed by atoms with Crippen molar-refractivity contribution in [2.45, 2.75) is 6.92 Å². The van der Waals surface area contributed by atoms with E-state index < -0.39 is 0 Å². The lowest BCUT2D eigenvalue weighted by molar-refractivity contribution is -0.135. The van der Waals surface area contributed by atoms with Crippen molar-refractivity contribution in [2.75, 3.05) is 12.4 Å². The molecule has 2 aromatic carbocycles. The smallest absolute Gasteiger partial charge is 0.277 e. The number of hydrogen-bond donors (Lipinski definition) is 1. The molecule has 0 saturated heterocycles. The Morgan fingerprint density at radius 1 is 0.957 bits per heavy atom. The molecule has 23 heavy (non-hydrogen) atoms. The molecule has 0 aromatic heterocycles. The molecular weight excluding hydrogens is 312 g/mol. The van der Waals surface area contributed by atoms with Gasteiger partial charge in [-0.1, -0.05) is 41.9 Å². The molecule has 1 heterocycles. The normalized spacial score (nSPS) is 14.7. The van der Waals surface area contributed by atoms with Crippen LogP contribution < -0.4 is 5.32 Å². The SMILES string of the molecule is Cc1ccccc1NC1=C(c2ccc(Cl)cc2)C(=O)N(C)C1=O. The summed E-state index contributed by atoms with van der Waals surface area (Å²) in [6.07, 6.45) is 0. The Hall–Kier alpha value is -2.59. The maximum absolute atomic E-state index is 12.5. The zero-order valence-corrected chi connectivity index (χ0v) is 13.5. The average molecular weight is 327 g/mol. The molecule has 0 fully saturated rings. The van der Waals surface area contributed by atoms with Gasteiger partial charge in [0, 0.05) is 17.8 Å². The number of carbonyl (C=O) groups excluding carboxylic acids is 2. The number of aryl methyl sites for hydroxylation is 1. The van der Waals surface area contributed by atoms with Crippen molar-refractivity contribution in [1.29, 1.82) is 0 Å². The van der Waals surface area contributed by atoms with Crippen molar-refractivity contribution in [3.63, 3.8) is 0 Å². The van der Waals surface area contributed by atoms with Gasteiger partial charge in [-0.25, -0.2) is 0 Å². The number of anilines is 1. The Morgan fingerprint density at radius 3 is 2.26 bits per heavy atom. The summed E-state index contributed by atoms with van der Waals surface area (Å²) in [6, 6.07) is 14.5. The first kappa shape index (κ1) is 15.3. The summed E-state index contributed by atoms with van der Waals surface area (Å²) in [7, 11) is 1.48. The van der Waals surface area contributed by atoms with Crippen molar-refractivity contribution >= 4 is 34.7 Å². The van der Waals surface area contributed by atoms with E-state index in [4.69, 9.17) is 11.6 Å². The van der Waals surface area contributed by atoms with E-state index in [1.165, 1.54) is 7.05 Å². The molecule has 0 bridgehead atoms. The molecule has 2 aromatic rings. The number of amides is 2. The highest BCUT2D eigenvalue weighted by molar-refractivity contribution is 6.36. The van der Waals surface area contributed by atoms with E-state index in [0.717, 1.165) is 16.2 Å². The number of hydrogen-bond acceptors (Lipinski definition) is 3. The van der Waals surface area contributed by atoms with Crippen LogP contribution >= 0.6 is 11.6 Å². The van der Waals surface area contributed by atoms with Crippen molar-refractivity contribution in [3.05, 3.63) is 70.4 Å². The number of imide groups is 1. The first-order valence-electron chi connectivity index (χ1n) is 7.14.